The van der Waals surface area contributed by atoms with Crippen molar-refractivity contribution in [1.82, 2.24) is 10.3 Å². The van der Waals surface area contributed by atoms with Crippen LogP contribution in [0.2, 0.25) is 0 Å². The second-order valence-corrected chi connectivity index (χ2v) is 5.15. The lowest BCUT2D eigenvalue weighted by molar-refractivity contribution is 0.0978. The van der Waals surface area contributed by atoms with Crippen LogP contribution < -0.4 is 0 Å². The van der Waals surface area contributed by atoms with Crippen molar-refractivity contribution in [3.63, 3.8) is 0 Å². The molecule has 0 bridgehead atoms. The lowest BCUT2D eigenvalue weighted by Crippen LogP contribution is -1.90. The topological polar surface area (TPSA) is 142 Å². The van der Waals surface area contributed by atoms with Crippen LogP contribution >= 0.6 is 0 Å². The minimum Gasteiger partial charge on any atom is -0.411 e. The number of hydrogen-bond acceptors (Lipinski definition) is 9. The Labute approximate surface area is 158 Å². The van der Waals surface area contributed by atoms with Crippen LogP contribution in [0.25, 0.3) is 0 Å². The molecule has 0 aliphatic carbocycles. The molecular weight excluding hydrogens is 354 g/mol. The summed E-state index contributed by atoms with van der Waals surface area (Å²) in [6.45, 7) is 9.85. The number of aromatic nitrogens is 2. The van der Waals surface area contributed by atoms with Crippen LogP contribution in [0.5, 0.6) is 0 Å². The average Bonchev–Trinajstić information content (AvgIpc) is 3.25. The summed E-state index contributed by atoms with van der Waals surface area (Å²) in [5.41, 5.74) is 1.53. The largest absolute Gasteiger partial charge is 0.411 e. The number of hydrogen-bond donors (Lipinski definition) is 3. The maximum atomic E-state index is 10.5. The summed E-state index contributed by atoms with van der Waals surface area (Å²) in [4.78, 5) is 10.5. The molecule has 27 heavy (non-hydrogen) atoms. The Morgan fingerprint density at radius 2 is 1.67 bits per heavy atom. The molecule has 2 heterocycles. The SMILES string of the molecule is C#CC(C)O.C/C=N/O.CC(=O)c1cc(C)no1.Cc1cc(C(C)O)on1. The summed E-state index contributed by atoms with van der Waals surface area (Å²) in [5, 5.41) is 34.2. The highest BCUT2D eigenvalue weighted by molar-refractivity contribution is 5.91. The van der Waals surface area contributed by atoms with Crippen molar-refractivity contribution >= 4 is 12.0 Å². The molecule has 0 saturated heterocycles. The van der Waals surface area contributed by atoms with Crippen LogP contribution in [-0.2, 0) is 0 Å². The number of terminal acetylenes is 1. The van der Waals surface area contributed by atoms with Gasteiger partial charge in [-0.25, -0.2) is 0 Å². The molecule has 9 heteroatoms. The van der Waals surface area contributed by atoms with Gasteiger partial charge in [0.2, 0.25) is 5.76 Å². The second-order valence-electron chi connectivity index (χ2n) is 5.15. The van der Waals surface area contributed by atoms with Crippen molar-refractivity contribution in [3.8, 4) is 12.3 Å². The smallest absolute Gasteiger partial charge is 0.202 e. The first-order chi connectivity index (χ1) is 12.6. The molecule has 2 aromatic heterocycles. The van der Waals surface area contributed by atoms with E-state index in [0.29, 0.717) is 11.5 Å². The van der Waals surface area contributed by atoms with E-state index in [0.717, 1.165) is 11.4 Å². The minimum atomic E-state index is -0.588. The normalized spacial score (nSPS) is 11.5. The Bertz CT molecular complexity index is 707. The fraction of sp³-hybridized carbons (Fsp3) is 0.444. The molecule has 0 aliphatic heterocycles. The highest BCUT2D eigenvalue weighted by Crippen LogP contribution is 2.11. The molecule has 9 nitrogen and oxygen atoms in total. The highest BCUT2D eigenvalue weighted by atomic mass is 16.5. The number of aliphatic hydroxyl groups excluding tert-OH is 2. The van der Waals surface area contributed by atoms with Gasteiger partial charge in [0.05, 0.1) is 11.4 Å². The summed E-state index contributed by atoms with van der Waals surface area (Å²) >= 11 is 0. The third kappa shape index (κ3) is 15.0. The van der Waals surface area contributed by atoms with Crippen molar-refractivity contribution in [2.24, 2.45) is 5.16 Å². The number of rotatable bonds is 2. The number of carbonyl (C=O) groups excluding carboxylic acids is 1. The molecular formula is C18H27N3O6. The Hall–Kier alpha value is -2.96. The lowest BCUT2D eigenvalue weighted by atomic mass is 10.3. The van der Waals surface area contributed by atoms with Gasteiger partial charge in [-0.3, -0.25) is 4.79 Å². The molecule has 150 valence electrons. The average molecular weight is 381 g/mol. The van der Waals surface area contributed by atoms with Crippen molar-refractivity contribution in [2.75, 3.05) is 0 Å². The van der Waals surface area contributed by atoms with E-state index in [9.17, 15) is 4.79 Å². The van der Waals surface area contributed by atoms with Crippen LogP contribution in [0, 0.1) is 26.2 Å². The van der Waals surface area contributed by atoms with Gasteiger partial charge in [0, 0.05) is 25.3 Å². The van der Waals surface area contributed by atoms with E-state index in [4.69, 9.17) is 19.9 Å². The first-order valence-corrected chi connectivity index (χ1v) is 7.90. The van der Waals surface area contributed by atoms with Gasteiger partial charge in [0.15, 0.2) is 11.5 Å². The first kappa shape index (κ1) is 26.3. The van der Waals surface area contributed by atoms with Gasteiger partial charge in [-0.1, -0.05) is 16.2 Å². The van der Waals surface area contributed by atoms with Gasteiger partial charge in [0.1, 0.15) is 12.2 Å². The molecule has 2 atom stereocenters. The number of carbonyl (C=O) groups is 1. The van der Waals surface area contributed by atoms with Crippen molar-refractivity contribution < 1.29 is 29.3 Å². The van der Waals surface area contributed by atoms with Gasteiger partial charge in [-0.15, -0.1) is 11.6 Å². The van der Waals surface area contributed by atoms with Crippen LogP contribution in [0.1, 0.15) is 61.5 Å². The standard InChI is InChI=1S/C6H9NO2.C6H7NO2.C4H6O.C2H5NO/c2*1-4-3-6(5(2)8)9-7-4;1-3-4(2)5;1-2-3-4/h3,5,8H,1-2H3;3H,1-2H3;1,4-5H,2H3;2,4H,1H3/b;;;3-2+. The third-order valence-corrected chi connectivity index (χ3v) is 2.39. The molecule has 2 rings (SSSR count). The van der Waals surface area contributed by atoms with Crippen molar-refractivity contribution in [3.05, 3.63) is 35.0 Å². The Kier molecular flexibility index (Phi) is 14.9. The summed E-state index contributed by atoms with van der Waals surface area (Å²) in [6.07, 6.45) is 4.84. The predicted octanol–water partition coefficient (Wildman–Crippen LogP) is 2.69. The summed E-state index contributed by atoms with van der Waals surface area (Å²) < 4.78 is 9.35. The molecule has 0 radical (unpaired) electrons. The molecule has 2 aromatic rings. The van der Waals surface area contributed by atoms with E-state index < -0.39 is 12.2 Å². The van der Waals surface area contributed by atoms with E-state index in [2.05, 4.69) is 32.3 Å². The highest BCUT2D eigenvalue weighted by Gasteiger charge is 2.05. The molecule has 0 saturated carbocycles. The molecule has 0 amide bonds. The first-order valence-electron chi connectivity index (χ1n) is 7.90. The summed E-state index contributed by atoms with van der Waals surface area (Å²) in [6, 6.07) is 3.33. The van der Waals surface area contributed by atoms with Gasteiger partial charge in [0.25, 0.3) is 0 Å². The number of ketones is 1. The molecule has 0 aromatic carbocycles. The predicted molar refractivity (Wildman–Crippen MR) is 99.6 cm³/mol. The Morgan fingerprint density at radius 3 is 1.81 bits per heavy atom. The van der Waals surface area contributed by atoms with E-state index in [1.54, 1.807) is 39.8 Å². The van der Waals surface area contributed by atoms with E-state index in [1.807, 2.05) is 6.92 Å². The fourth-order valence-electron chi connectivity index (χ4n) is 1.11. The zero-order valence-corrected chi connectivity index (χ0v) is 16.4. The maximum Gasteiger partial charge on any atom is 0.202 e. The lowest BCUT2D eigenvalue weighted by Gasteiger charge is -1.92. The zero-order chi connectivity index (χ0) is 21.4. The van der Waals surface area contributed by atoms with E-state index >= 15 is 0 Å². The maximum absolute atomic E-state index is 10.5. The van der Waals surface area contributed by atoms with Crippen LogP contribution in [0.4, 0.5) is 0 Å². The fourth-order valence-corrected chi connectivity index (χ4v) is 1.11. The zero-order valence-electron chi connectivity index (χ0n) is 16.4. The monoisotopic (exact) mass is 381 g/mol. The molecule has 0 spiro atoms. The van der Waals surface area contributed by atoms with Crippen molar-refractivity contribution in [1.29, 1.82) is 0 Å². The third-order valence-electron chi connectivity index (χ3n) is 2.39. The number of Topliss-reactive ketones (excluding diaryl/α,β-unsaturated/α-hetero) is 1. The minimum absolute atomic E-state index is 0.0874. The van der Waals surface area contributed by atoms with Crippen LogP contribution in [-0.4, -0.2) is 43.8 Å². The van der Waals surface area contributed by atoms with E-state index in [-0.39, 0.29) is 5.78 Å². The Balaban J connectivity index is 0. The number of aryl methyl sites for hydroxylation is 2. The quantitative estimate of drug-likeness (QED) is 0.237. The molecule has 3 N–H and O–H groups in total. The molecule has 0 aliphatic rings. The van der Waals surface area contributed by atoms with Gasteiger partial charge >= 0.3 is 0 Å². The van der Waals surface area contributed by atoms with Gasteiger partial charge in [-0.05, 0) is 34.6 Å². The summed E-state index contributed by atoms with van der Waals surface area (Å²) in [5.74, 6) is 2.84. The van der Waals surface area contributed by atoms with Gasteiger partial charge < -0.3 is 24.5 Å². The number of nitrogens with zero attached hydrogens (tertiary/aromatic N) is 3. The Morgan fingerprint density at radius 1 is 1.22 bits per heavy atom. The van der Waals surface area contributed by atoms with Crippen LogP contribution in [0.3, 0.4) is 0 Å². The number of aliphatic hydroxyl groups is 2. The molecule has 2 unspecified atom stereocenters. The van der Waals surface area contributed by atoms with E-state index in [1.165, 1.54) is 13.1 Å². The van der Waals surface area contributed by atoms with Crippen molar-refractivity contribution in [2.45, 2.75) is 53.8 Å². The second kappa shape index (κ2) is 15.3. The summed E-state index contributed by atoms with van der Waals surface area (Å²) in [7, 11) is 0. The van der Waals surface area contributed by atoms with Crippen LogP contribution in [0.15, 0.2) is 26.3 Å². The number of oxime groups is 1. The van der Waals surface area contributed by atoms with Gasteiger partial charge in [-0.2, -0.15) is 0 Å². The molecule has 0 fully saturated rings.